The minimum absolute atomic E-state index is 0.0422. The van der Waals surface area contributed by atoms with Crippen molar-refractivity contribution in [1.82, 2.24) is 10.6 Å². The summed E-state index contributed by atoms with van der Waals surface area (Å²) >= 11 is 4.86. The zero-order valence-electron chi connectivity index (χ0n) is 9.13. The second-order valence-corrected chi connectivity index (χ2v) is 5.92. The normalized spacial score (nSPS) is 25.4. The lowest BCUT2D eigenvalue weighted by Gasteiger charge is -2.30. The quantitative estimate of drug-likeness (QED) is 0.880. The molecule has 2 heterocycles. The first kappa shape index (κ1) is 12.1. The molecule has 2 rings (SSSR count). The van der Waals surface area contributed by atoms with Gasteiger partial charge in [-0.15, -0.1) is 11.3 Å². The molecule has 1 fully saturated rings. The second-order valence-electron chi connectivity index (χ2n) is 4.15. The highest BCUT2D eigenvalue weighted by molar-refractivity contribution is 9.10. The summed E-state index contributed by atoms with van der Waals surface area (Å²) in [5, 5.41) is 8.36. The summed E-state index contributed by atoms with van der Waals surface area (Å²) in [6.45, 7) is 4.14. The predicted molar refractivity (Wildman–Crippen MR) is 69.9 cm³/mol. The molecule has 16 heavy (non-hydrogen) atoms. The van der Waals surface area contributed by atoms with Crippen LogP contribution in [0.5, 0.6) is 0 Å². The molecule has 0 spiro atoms. The van der Waals surface area contributed by atoms with Gasteiger partial charge in [-0.2, -0.15) is 0 Å². The fourth-order valence-corrected chi connectivity index (χ4v) is 3.37. The third-order valence-corrected chi connectivity index (χ3v) is 4.76. The van der Waals surface area contributed by atoms with E-state index in [-0.39, 0.29) is 5.91 Å². The molecule has 1 aliphatic heterocycles. The van der Waals surface area contributed by atoms with Crippen molar-refractivity contribution in [3.8, 4) is 0 Å². The highest BCUT2D eigenvalue weighted by atomic mass is 79.9. The van der Waals surface area contributed by atoms with Gasteiger partial charge in [-0.05, 0) is 52.8 Å². The van der Waals surface area contributed by atoms with Crippen LogP contribution in [0, 0.1) is 5.92 Å². The Morgan fingerprint density at radius 1 is 1.69 bits per heavy atom. The third kappa shape index (κ3) is 2.64. The number of nitrogens with one attached hydrogen (secondary N) is 2. The molecule has 1 aromatic heterocycles. The van der Waals surface area contributed by atoms with E-state index in [4.69, 9.17) is 0 Å². The van der Waals surface area contributed by atoms with Crippen molar-refractivity contribution in [2.45, 2.75) is 19.4 Å². The van der Waals surface area contributed by atoms with Crippen molar-refractivity contribution >= 4 is 33.2 Å². The molecule has 1 aliphatic rings. The van der Waals surface area contributed by atoms with E-state index in [1.807, 2.05) is 11.4 Å². The maximum atomic E-state index is 12.0. The van der Waals surface area contributed by atoms with Gasteiger partial charge in [0.2, 0.25) is 0 Å². The maximum absolute atomic E-state index is 12.0. The summed E-state index contributed by atoms with van der Waals surface area (Å²) < 4.78 is 0.886. The molecule has 1 saturated heterocycles. The Balaban J connectivity index is 1.99. The van der Waals surface area contributed by atoms with Crippen molar-refractivity contribution in [3.63, 3.8) is 0 Å². The molecule has 3 nitrogen and oxygen atoms in total. The van der Waals surface area contributed by atoms with Crippen LogP contribution in [0.2, 0.25) is 0 Å². The number of amides is 1. The predicted octanol–water partition coefficient (Wildman–Crippen LogP) is 2.24. The van der Waals surface area contributed by atoms with Crippen LogP contribution >= 0.6 is 27.3 Å². The first-order chi connectivity index (χ1) is 7.68. The van der Waals surface area contributed by atoms with Crippen molar-refractivity contribution in [2.24, 2.45) is 5.92 Å². The summed E-state index contributed by atoms with van der Waals surface area (Å²) in [7, 11) is 0. The monoisotopic (exact) mass is 302 g/mol. The van der Waals surface area contributed by atoms with Gasteiger partial charge in [0.25, 0.3) is 5.91 Å². The standard InChI is InChI=1S/C11H15BrN2OS/c1-7-6-13-4-2-9(7)14-11(15)10-8(12)3-5-16-10/h3,5,7,9,13H,2,4,6H2,1H3,(H,14,15). The van der Waals surface area contributed by atoms with E-state index in [9.17, 15) is 4.79 Å². The van der Waals surface area contributed by atoms with Crippen LogP contribution in [0.15, 0.2) is 15.9 Å². The number of hydrogen-bond donors (Lipinski definition) is 2. The third-order valence-electron chi connectivity index (χ3n) is 2.93. The Morgan fingerprint density at radius 2 is 2.50 bits per heavy atom. The highest BCUT2D eigenvalue weighted by Crippen LogP contribution is 2.23. The van der Waals surface area contributed by atoms with E-state index in [1.165, 1.54) is 11.3 Å². The van der Waals surface area contributed by atoms with Crippen LogP contribution in [-0.4, -0.2) is 25.0 Å². The first-order valence-corrected chi connectivity index (χ1v) is 7.10. The molecule has 1 aromatic rings. The summed E-state index contributed by atoms with van der Waals surface area (Å²) in [5.41, 5.74) is 0. The number of carbonyl (C=O) groups excluding carboxylic acids is 1. The summed E-state index contributed by atoms with van der Waals surface area (Å²) in [6.07, 6.45) is 1.01. The van der Waals surface area contributed by atoms with Gasteiger partial charge in [0, 0.05) is 10.5 Å². The zero-order chi connectivity index (χ0) is 11.5. The maximum Gasteiger partial charge on any atom is 0.262 e. The number of hydrogen-bond acceptors (Lipinski definition) is 3. The van der Waals surface area contributed by atoms with Crippen molar-refractivity contribution < 1.29 is 4.79 Å². The van der Waals surface area contributed by atoms with Crippen LogP contribution in [0.3, 0.4) is 0 Å². The van der Waals surface area contributed by atoms with Gasteiger partial charge < -0.3 is 10.6 Å². The number of carbonyl (C=O) groups is 1. The van der Waals surface area contributed by atoms with E-state index in [0.717, 1.165) is 28.9 Å². The molecule has 2 N–H and O–H groups in total. The van der Waals surface area contributed by atoms with E-state index >= 15 is 0 Å². The van der Waals surface area contributed by atoms with E-state index in [1.54, 1.807) is 0 Å². The van der Waals surface area contributed by atoms with Crippen LogP contribution < -0.4 is 10.6 Å². The summed E-state index contributed by atoms with van der Waals surface area (Å²) in [4.78, 5) is 12.8. The minimum atomic E-state index is 0.0422. The van der Waals surface area contributed by atoms with Gasteiger partial charge in [-0.3, -0.25) is 4.79 Å². The molecule has 0 aromatic carbocycles. The number of halogens is 1. The Hall–Kier alpha value is -0.390. The second kappa shape index (κ2) is 5.29. The fourth-order valence-electron chi connectivity index (χ4n) is 1.92. The van der Waals surface area contributed by atoms with Gasteiger partial charge in [-0.1, -0.05) is 6.92 Å². The molecule has 0 bridgehead atoms. The van der Waals surface area contributed by atoms with Crippen molar-refractivity contribution in [3.05, 3.63) is 20.8 Å². The molecule has 1 amide bonds. The largest absolute Gasteiger partial charge is 0.348 e. The average molecular weight is 303 g/mol. The number of piperidine rings is 1. The lowest BCUT2D eigenvalue weighted by atomic mass is 9.95. The first-order valence-electron chi connectivity index (χ1n) is 5.43. The average Bonchev–Trinajstić information content (AvgIpc) is 2.68. The minimum Gasteiger partial charge on any atom is -0.348 e. The van der Waals surface area contributed by atoms with Crippen molar-refractivity contribution in [1.29, 1.82) is 0 Å². The SMILES string of the molecule is CC1CNCCC1NC(=O)c1sccc1Br. The molecular weight excluding hydrogens is 288 g/mol. The van der Waals surface area contributed by atoms with Gasteiger partial charge >= 0.3 is 0 Å². The lowest BCUT2D eigenvalue weighted by molar-refractivity contribution is 0.0917. The molecular formula is C11H15BrN2OS. The van der Waals surface area contributed by atoms with Gasteiger partial charge in [0.05, 0.1) is 0 Å². The lowest BCUT2D eigenvalue weighted by Crippen LogP contribution is -2.48. The smallest absolute Gasteiger partial charge is 0.262 e. The topological polar surface area (TPSA) is 41.1 Å². The number of thiophene rings is 1. The number of rotatable bonds is 2. The van der Waals surface area contributed by atoms with Gasteiger partial charge in [-0.25, -0.2) is 0 Å². The molecule has 2 unspecified atom stereocenters. The van der Waals surface area contributed by atoms with Gasteiger partial charge in [0.1, 0.15) is 4.88 Å². The van der Waals surface area contributed by atoms with E-state index in [0.29, 0.717) is 12.0 Å². The van der Waals surface area contributed by atoms with Crippen LogP contribution in [-0.2, 0) is 0 Å². The fraction of sp³-hybridized carbons (Fsp3) is 0.545. The molecule has 0 saturated carbocycles. The molecule has 88 valence electrons. The van der Waals surface area contributed by atoms with Crippen LogP contribution in [0.4, 0.5) is 0 Å². The summed E-state index contributed by atoms with van der Waals surface area (Å²) in [6, 6.07) is 2.20. The zero-order valence-corrected chi connectivity index (χ0v) is 11.5. The van der Waals surface area contributed by atoms with Crippen molar-refractivity contribution in [2.75, 3.05) is 13.1 Å². The Kier molecular flexibility index (Phi) is 4.00. The Morgan fingerprint density at radius 3 is 3.12 bits per heavy atom. The molecule has 2 atom stereocenters. The van der Waals surface area contributed by atoms with E-state index in [2.05, 4.69) is 33.5 Å². The molecule has 0 radical (unpaired) electrons. The molecule has 5 heteroatoms. The van der Waals surface area contributed by atoms with Gasteiger partial charge in [0.15, 0.2) is 0 Å². The Labute approximate surface area is 108 Å². The summed E-state index contributed by atoms with van der Waals surface area (Å²) in [5.74, 6) is 0.539. The van der Waals surface area contributed by atoms with E-state index < -0.39 is 0 Å². The highest BCUT2D eigenvalue weighted by Gasteiger charge is 2.24. The Bertz CT molecular complexity index is 380. The van der Waals surface area contributed by atoms with Crippen LogP contribution in [0.25, 0.3) is 0 Å². The van der Waals surface area contributed by atoms with Crippen LogP contribution in [0.1, 0.15) is 23.0 Å². The molecule has 0 aliphatic carbocycles.